The third kappa shape index (κ3) is 2.42. The molecule has 20 heavy (non-hydrogen) atoms. The van der Waals surface area contributed by atoms with Crippen molar-refractivity contribution in [3.63, 3.8) is 0 Å². The van der Waals surface area contributed by atoms with Gasteiger partial charge in [-0.1, -0.05) is 60.6 Å². The Morgan fingerprint density at radius 3 is 2.60 bits per heavy atom. The number of benzene rings is 1. The molecular formula is C18H24OSi. The molecule has 0 spiro atoms. The van der Waals surface area contributed by atoms with Gasteiger partial charge in [-0.2, -0.15) is 0 Å². The Hall–Kier alpha value is -1.15. The predicted molar refractivity (Wildman–Crippen MR) is 87.0 cm³/mol. The molecule has 2 heteroatoms. The van der Waals surface area contributed by atoms with Crippen molar-refractivity contribution in [1.29, 1.82) is 0 Å². The highest BCUT2D eigenvalue weighted by molar-refractivity contribution is 6.91. The number of hydrogen-bond acceptors (Lipinski definition) is 1. The zero-order chi connectivity index (χ0) is 14.2. The Balaban J connectivity index is 1.96. The summed E-state index contributed by atoms with van der Waals surface area (Å²) in [6.07, 6.45) is 7.83. The van der Waals surface area contributed by atoms with Crippen LogP contribution in [0.4, 0.5) is 0 Å². The van der Waals surface area contributed by atoms with Gasteiger partial charge in [-0.3, -0.25) is 4.79 Å². The van der Waals surface area contributed by atoms with Crippen molar-refractivity contribution >= 4 is 19.0 Å². The van der Waals surface area contributed by atoms with Gasteiger partial charge in [-0.15, -0.1) is 0 Å². The quantitative estimate of drug-likeness (QED) is 0.748. The maximum absolute atomic E-state index is 12.2. The second-order valence-electron chi connectivity index (χ2n) is 6.94. The maximum atomic E-state index is 12.2. The van der Waals surface area contributed by atoms with Gasteiger partial charge < -0.3 is 0 Å². The first-order chi connectivity index (χ1) is 9.59. The van der Waals surface area contributed by atoms with Crippen LogP contribution in [0.3, 0.4) is 0 Å². The molecule has 3 rings (SSSR count). The minimum Gasteiger partial charge on any atom is -0.295 e. The molecule has 0 aromatic heterocycles. The SMILES string of the molecule is C[Si](C)(c1ccccc1)[C@@H]1CC(=O)C=C2CCCC[C@H]21. The molecule has 0 amide bonds. The molecule has 1 nitrogen and oxygen atoms in total. The fourth-order valence-electron chi connectivity index (χ4n) is 4.17. The smallest absolute Gasteiger partial charge is 0.155 e. The second-order valence-corrected chi connectivity index (χ2v) is 11.7. The highest BCUT2D eigenvalue weighted by atomic mass is 28.3. The molecule has 0 N–H and O–H groups in total. The number of allylic oxidation sites excluding steroid dienone is 2. The first-order valence-corrected chi connectivity index (χ1v) is 11.0. The van der Waals surface area contributed by atoms with E-state index in [2.05, 4.69) is 43.4 Å². The number of carbonyl (C=O) groups excluding carboxylic acids is 1. The second kappa shape index (κ2) is 5.32. The van der Waals surface area contributed by atoms with Crippen LogP contribution in [-0.4, -0.2) is 13.9 Å². The van der Waals surface area contributed by atoms with E-state index in [1.807, 2.05) is 6.08 Å². The standard InChI is InChI=1S/C18H24OSi/c1-20(2,16-9-4-3-5-10-16)18-13-15(19)12-14-8-6-7-11-17(14)18/h3-5,9-10,12,17-18H,6-8,11,13H2,1-2H3/t17-,18-/m1/s1. The van der Waals surface area contributed by atoms with Crippen molar-refractivity contribution in [3.05, 3.63) is 42.0 Å². The van der Waals surface area contributed by atoms with Crippen LogP contribution in [0.2, 0.25) is 18.6 Å². The van der Waals surface area contributed by atoms with Crippen LogP contribution in [0.25, 0.3) is 0 Å². The fraction of sp³-hybridized carbons (Fsp3) is 0.500. The van der Waals surface area contributed by atoms with Crippen LogP contribution in [0.5, 0.6) is 0 Å². The number of rotatable bonds is 2. The molecule has 1 saturated carbocycles. The summed E-state index contributed by atoms with van der Waals surface area (Å²) in [5, 5.41) is 1.50. The number of fused-ring (bicyclic) bond motifs is 1. The van der Waals surface area contributed by atoms with E-state index >= 15 is 0 Å². The van der Waals surface area contributed by atoms with Crippen LogP contribution >= 0.6 is 0 Å². The molecule has 0 unspecified atom stereocenters. The predicted octanol–water partition coefficient (Wildman–Crippen LogP) is 4.06. The summed E-state index contributed by atoms with van der Waals surface area (Å²) in [6, 6.07) is 10.9. The van der Waals surface area contributed by atoms with E-state index in [0.717, 1.165) is 12.8 Å². The van der Waals surface area contributed by atoms with E-state index in [9.17, 15) is 4.79 Å². The van der Waals surface area contributed by atoms with E-state index in [4.69, 9.17) is 0 Å². The Bertz CT molecular complexity index is 530. The molecule has 0 bridgehead atoms. The first-order valence-electron chi connectivity index (χ1n) is 7.88. The molecule has 1 aromatic carbocycles. The fourth-order valence-corrected chi connectivity index (χ4v) is 7.75. The highest BCUT2D eigenvalue weighted by Gasteiger charge is 2.43. The summed E-state index contributed by atoms with van der Waals surface area (Å²) >= 11 is 0. The summed E-state index contributed by atoms with van der Waals surface area (Å²) in [5.74, 6) is 1.06. The van der Waals surface area contributed by atoms with Gasteiger partial charge in [0.25, 0.3) is 0 Å². The summed E-state index contributed by atoms with van der Waals surface area (Å²) < 4.78 is 0. The highest BCUT2D eigenvalue weighted by Crippen LogP contribution is 2.47. The lowest BCUT2D eigenvalue weighted by molar-refractivity contribution is -0.115. The summed E-state index contributed by atoms with van der Waals surface area (Å²) in [6.45, 7) is 4.91. The molecular weight excluding hydrogens is 260 g/mol. The molecule has 2 aliphatic rings. The molecule has 0 heterocycles. The third-order valence-corrected chi connectivity index (χ3v) is 9.69. The number of hydrogen-bond donors (Lipinski definition) is 0. The van der Waals surface area contributed by atoms with Crippen molar-refractivity contribution in [2.24, 2.45) is 5.92 Å². The average Bonchev–Trinajstić information content (AvgIpc) is 2.47. The van der Waals surface area contributed by atoms with Crippen LogP contribution in [-0.2, 0) is 4.79 Å². The minimum absolute atomic E-state index is 0.375. The normalized spacial score (nSPS) is 26.9. The average molecular weight is 284 g/mol. The lowest BCUT2D eigenvalue weighted by Crippen LogP contribution is -2.50. The molecule has 0 saturated heterocycles. The van der Waals surface area contributed by atoms with Crippen molar-refractivity contribution in [2.75, 3.05) is 0 Å². The van der Waals surface area contributed by atoms with Gasteiger partial charge in [0.2, 0.25) is 0 Å². The monoisotopic (exact) mass is 284 g/mol. The van der Waals surface area contributed by atoms with E-state index in [1.54, 1.807) is 0 Å². The molecule has 2 atom stereocenters. The minimum atomic E-state index is -1.59. The van der Waals surface area contributed by atoms with Crippen LogP contribution in [0, 0.1) is 5.92 Å². The van der Waals surface area contributed by atoms with Crippen molar-refractivity contribution in [1.82, 2.24) is 0 Å². The summed E-state index contributed by atoms with van der Waals surface area (Å²) in [4.78, 5) is 12.2. The van der Waals surface area contributed by atoms with Gasteiger partial charge in [0, 0.05) is 6.42 Å². The van der Waals surface area contributed by atoms with E-state index in [-0.39, 0.29) is 0 Å². The van der Waals surface area contributed by atoms with E-state index in [1.165, 1.54) is 30.0 Å². The van der Waals surface area contributed by atoms with Gasteiger partial charge in [0.15, 0.2) is 5.78 Å². The number of ketones is 1. The lowest BCUT2D eigenvalue weighted by Gasteiger charge is -2.43. The number of carbonyl (C=O) groups is 1. The van der Waals surface area contributed by atoms with Gasteiger partial charge in [-0.25, -0.2) is 0 Å². The largest absolute Gasteiger partial charge is 0.295 e. The van der Waals surface area contributed by atoms with Gasteiger partial charge in [0.1, 0.15) is 0 Å². The van der Waals surface area contributed by atoms with Gasteiger partial charge in [-0.05, 0) is 36.8 Å². The maximum Gasteiger partial charge on any atom is 0.155 e. The summed E-state index contributed by atoms with van der Waals surface area (Å²) in [7, 11) is -1.59. The molecule has 106 valence electrons. The Labute approximate surface area is 123 Å². The van der Waals surface area contributed by atoms with Crippen molar-refractivity contribution in [3.8, 4) is 0 Å². The van der Waals surface area contributed by atoms with Crippen molar-refractivity contribution < 1.29 is 4.79 Å². The van der Waals surface area contributed by atoms with Crippen LogP contribution < -0.4 is 5.19 Å². The Morgan fingerprint density at radius 2 is 1.85 bits per heavy atom. The first kappa shape index (κ1) is 13.8. The van der Waals surface area contributed by atoms with Gasteiger partial charge >= 0.3 is 0 Å². The molecule has 0 radical (unpaired) electrons. The van der Waals surface area contributed by atoms with Crippen LogP contribution in [0.15, 0.2) is 42.0 Å². The third-order valence-electron chi connectivity index (χ3n) is 5.40. The Kier molecular flexibility index (Phi) is 3.68. The summed E-state index contributed by atoms with van der Waals surface area (Å²) in [5.41, 5.74) is 2.06. The van der Waals surface area contributed by atoms with E-state index < -0.39 is 8.07 Å². The van der Waals surface area contributed by atoms with E-state index in [0.29, 0.717) is 17.2 Å². The molecule has 1 aromatic rings. The molecule has 2 aliphatic carbocycles. The Morgan fingerprint density at radius 1 is 1.10 bits per heavy atom. The lowest BCUT2D eigenvalue weighted by atomic mass is 9.77. The zero-order valence-electron chi connectivity index (χ0n) is 12.6. The zero-order valence-corrected chi connectivity index (χ0v) is 13.6. The molecule has 0 aliphatic heterocycles. The molecule has 1 fully saturated rings. The topological polar surface area (TPSA) is 17.1 Å². The van der Waals surface area contributed by atoms with Gasteiger partial charge in [0.05, 0.1) is 8.07 Å². The van der Waals surface area contributed by atoms with Crippen LogP contribution in [0.1, 0.15) is 32.1 Å². The van der Waals surface area contributed by atoms with Crippen molar-refractivity contribution in [2.45, 2.75) is 50.7 Å².